The number of amides is 1. The highest BCUT2D eigenvalue weighted by Gasteiger charge is 2.20. The van der Waals surface area contributed by atoms with Gasteiger partial charge in [-0.3, -0.25) is 9.59 Å². The summed E-state index contributed by atoms with van der Waals surface area (Å²) in [6.07, 6.45) is 0. The summed E-state index contributed by atoms with van der Waals surface area (Å²) in [6.45, 7) is 8.86. The molecule has 5 nitrogen and oxygen atoms in total. The van der Waals surface area contributed by atoms with Crippen molar-refractivity contribution in [2.24, 2.45) is 11.7 Å². The van der Waals surface area contributed by atoms with Crippen LogP contribution in [-0.2, 0) is 14.3 Å². The molecule has 0 spiro atoms. The van der Waals surface area contributed by atoms with Gasteiger partial charge in [0.25, 0.3) is 0 Å². The molecule has 16 heavy (non-hydrogen) atoms. The highest BCUT2D eigenvalue weighted by molar-refractivity contribution is 5.85. The third-order valence-corrected chi connectivity index (χ3v) is 1.85. The number of rotatable bonds is 4. The lowest BCUT2D eigenvalue weighted by Gasteiger charge is -2.20. The summed E-state index contributed by atoms with van der Waals surface area (Å²) >= 11 is 0. The fourth-order valence-corrected chi connectivity index (χ4v) is 0.957. The summed E-state index contributed by atoms with van der Waals surface area (Å²) < 4.78 is 5.03. The van der Waals surface area contributed by atoms with Gasteiger partial charge in [-0.25, -0.2) is 0 Å². The van der Waals surface area contributed by atoms with Gasteiger partial charge in [-0.15, -0.1) is 0 Å². The van der Waals surface area contributed by atoms with Crippen LogP contribution in [0.1, 0.15) is 34.6 Å². The number of nitrogens with one attached hydrogen (secondary N) is 1. The van der Waals surface area contributed by atoms with Crippen molar-refractivity contribution in [1.82, 2.24) is 5.32 Å². The molecule has 0 saturated carbocycles. The molecule has 0 aliphatic rings. The van der Waals surface area contributed by atoms with Crippen LogP contribution in [0.5, 0.6) is 0 Å². The molecule has 0 aliphatic heterocycles. The van der Waals surface area contributed by atoms with Crippen LogP contribution in [0.25, 0.3) is 0 Å². The summed E-state index contributed by atoms with van der Waals surface area (Å²) in [7, 11) is 0. The van der Waals surface area contributed by atoms with Gasteiger partial charge in [-0.2, -0.15) is 0 Å². The van der Waals surface area contributed by atoms with E-state index >= 15 is 0 Å². The van der Waals surface area contributed by atoms with Gasteiger partial charge < -0.3 is 15.8 Å². The SMILES string of the molecule is CC(C)[C@H](N)C(=O)NCC(=O)OC(C)(C)C. The van der Waals surface area contributed by atoms with Crippen LogP contribution < -0.4 is 11.1 Å². The van der Waals surface area contributed by atoms with E-state index in [1.807, 2.05) is 13.8 Å². The summed E-state index contributed by atoms with van der Waals surface area (Å²) in [4.78, 5) is 22.7. The molecule has 0 radical (unpaired) electrons. The smallest absolute Gasteiger partial charge is 0.325 e. The normalized spacial score (nSPS) is 13.4. The number of nitrogens with two attached hydrogens (primary N) is 1. The summed E-state index contributed by atoms with van der Waals surface area (Å²) in [5.74, 6) is -0.753. The highest BCUT2D eigenvalue weighted by atomic mass is 16.6. The minimum absolute atomic E-state index is 0.0404. The average Bonchev–Trinajstić information content (AvgIpc) is 2.09. The zero-order chi connectivity index (χ0) is 12.9. The number of hydrogen-bond donors (Lipinski definition) is 2. The molecular weight excluding hydrogens is 208 g/mol. The summed E-state index contributed by atoms with van der Waals surface area (Å²) in [5, 5.41) is 2.45. The first-order valence-corrected chi connectivity index (χ1v) is 5.38. The van der Waals surface area contributed by atoms with E-state index in [1.165, 1.54) is 0 Å². The maximum absolute atomic E-state index is 11.4. The van der Waals surface area contributed by atoms with E-state index in [-0.39, 0.29) is 18.4 Å². The molecule has 1 atom stereocenters. The van der Waals surface area contributed by atoms with Crippen LogP contribution in [0.4, 0.5) is 0 Å². The molecule has 0 aromatic rings. The molecule has 94 valence electrons. The van der Waals surface area contributed by atoms with Gasteiger partial charge in [0, 0.05) is 0 Å². The van der Waals surface area contributed by atoms with Crippen LogP contribution in [-0.4, -0.2) is 30.1 Å². The van der Waals surface area contributed by atoms with Crippen LogP contribution in [0, 0.1) is 5.92 Å². The first-order valence-electron chi connectivity index (χ1n) is 5.38. The summed E-state index contributed by atoms with van der Waals surface area (Å²) in [5.41, 5.74) is 5.07. The number of carbonyl (C=O) groups is 2. The number of esters is 1. The molecule has 3 N–H and O–H groups in total. The Balaban J connectivity index is 3.98. The van der Waals surface area contributed by atoms with E-state index in [4.69, 9.17) is 10.5 Å². The third-order valence-electron chi connectivity index (χ3n) is 1.85. The molecule has 0 unspecified atom stereocenters. The van der Waals surface area contributed by atoms with Gasteiger partial charge in [0.2, 0.25) is 5.91 Å². The van der Waals surface area contributed by atoms with Crippen LogP contribution in [0.3, 0.4) is 0 Å². The average molecular weight is 230 g/mol. The quantitative estimate of drug-likeness (QED) is 0.686. The Labute approximate surface area is 96.7 Å². The molecule has 0 aliphatic carbocycles. The maximum atomic E-state index is 11.4. The molecule has 0 fully saturated rings. The van der Waals surface area contributed by atoms with Gasteiger partial charge in [0.15, 0.2) is 0 Å². The van der Waals surface area contributed by atoms with Gasteiger partial charge in [0.1, 0.15) is 12.1 Å². The monoisotopic (exact) mass is 230 g/mol. The minimum Gasteiger partial charge on any atom is -0.459 e. The molecule has 0 heterocycles. The maximum Gasteiger partial charge on any atom is 0.325 e. The van der Waals surface area contributed by atoms with E-state index in [2.05, 4.69) is 5.32 Å². The van der Waals surface area contributed by atoms with Crippen molar-refractivity contribution in [3.63, 3.8) is 0 Å². The van der Waals surface area contributed by atoms with Crippen LogP contribution >= 0.6 is 0 Å². The fourth-order valence-electron chi connectivity index (χ4n) is 0.957. The van der Waals surface area contributed by atoms with Crippen molar-refractivity contribution in [2.45, 2.75) is 46.3 Å². The van der Waals surface area contributed by atoms with Crippen LogP contribution in [0.15, 0.2) is 0 Å². The Bertz CT molecular complexity index is 256. The van der Waals surface area contributed by atoms with Crippen molar-refractivity contribution in [3.05, 3.63) is 0 Å². The van der Waals surface area contributed by atoms with Crippen molar-refractivity contribution in [2.75, 3.05) is 6.54 Å². The van der Waals surface area contributed by atoms with Crippen LogP contribution in [0.2, 0.25) is 0 Å². The Kier molecular flexibility index (Phi) is 5.44. The Hall–Kier alpha value is -1.10. The zero-order valence-corrected chi connectivity index (χ0v) is 10.7. The molecule has 0 rings (SSSR count). The van der Waals surface area contributed by atoms with E-state index < -0.39 is 17.6 Å². The molecule has 0 aromatic heterocycles. The molecule has 1 amide bonds. The van der Waals surface area contributed by atoms with Crippen molar-refractivity contribution in [3.8, 4) is 0 Å². The molecule has 0 saturated heterocycles. The molecular formula is C11H22N2O3. The fraction of sp³-hybridized carbons (Fsp3) is 0.818. The topological polar surface area (TPSA) is 81.4 Å². The first-order chi connectivity index (χ1) is 7.13. The predicted octanol–water partition coefficient (Wildman–Crippen LogP) is 0.428. The second-order valence-electron chi connectivity index (χ2n) is 5.07. The Morgan fingerprint density at radius 2 is 1.81 bits per heavy atom. The number of ether oxygens (including phenoxy) is 1. The van der Waals surface area contributed by atoms with E-state index in [0.29, 0.717) is 0 Å². The lowest BCUT2D eigenvalue weighted by Crippen LogP contribution is -2.46. The third kappa shape index (κ3) is 6.40. The number of carbonyl (C=O) groups excluding carboxylic acids is 2. The standard InChI is InChI=1S/C11H22N2O3/c1-7(2)9(12)10(15)13-6-8(14)16-11(3,4)5/h7,9H,6,12H2,1-5H3,(H,13,15)/t9-/m0/s1. The Morgan fingerprint density at radius 1 is 1.31 bits per heavy atom. The van der Waals surface area contributed by atoms with Crippen molar-refractivity contribution < 1.29 is 14.3 Å². The highest BCUT2D eigenvalue weighted by Crippen LogP contribution is 2.06. The molecule has 5 heteroatoms. The van der Waals surface area contributed by atoms with Gasteiger partial charge in [0.05, 0.1) is 6.04 Å². The number of hydrogen-bond acceptors (Lipinski definition) is 4. The van der Waals surface area contributed by atoms with E-state index in [1.54, 1.807) is 20.8 Å². The van der Waals surface area contributed by atoms with Gasteiger partial charge >= 0.3 is 5.97 Å². The predicted molar refractivity (Wildman–Crippen MR) is 61.7 cm³/mol. The van der Waals surface area contributed by atoms with Crippen molar-refractivity contribution >= 4 is 11.9 Å². The lowest BCUT2D eigenvalue weighted by molar-refractivity contribution is -0.154. The van der Waals surface area contributed by atoms with E-state index in [9.17, 15) is 9.59 Å². The second kappa shape index (κ2) is 5.84. The summed E-state index contributed by atoms with van der Waals surface area (Å²) in [6, 6.07) is -0.595. The molecule has 0 bridgehead atoms. The second-order valence-corrected chi connectivity index (χ2v) is 5.07. The zero-order valence-electron chi connectivity index (χ0n) is 10.7. The van der Waals surface area contributed by atoms with Gasteiger partial charge in [-0.05, 0) is 26.7 Å². The largest absolute Gasteiger partial charge is 0.459 e. The minimum atomic E-state index is -0.595. The molecule has 0 aromatic carbocycles. The van der Waals surface area contributed by atoms with E-state index in [0.717, 1.165) is 0 Å². The lowest BCUT2D eigenvalue weighted by atomic mass is 10.1. The Morgan fingerprint density at radius 3 is 2.19 bits per heavy atom. The first kappa shape index (κ1) is 14.9. The van der Waals surface area contributed by atoms with Gasteiger partial charge in [-0.1, -0.05) is 13.8 Å². The van der Waals surface area contributed by atoms with Crippen molar-refractivity contribution in [1.29, 1.82) is 0 Å².